The predicted molar refractivity (Wildman–Crippen MR) is 95.5 cm³/mol. The number of amides is 1. The number of benzene rings is 2. The van der Waals surface area contributed by atoms with Gasteiger partial charge in [-0.1, -0.05) is 12.1 Å². The van der Waals surface area contributed by atoms with Crippen LogP contribution in [0.2, 0.25) is 0 Å². The monoisotopic (exact) mass is 391 g/mol. The minimum absolute atomic E-state index is 0.0974. The van der Waals surface area contributed by atoms with Gasteiger partial charge in [-0.2, -0.15) is 4.39 Å². The molecule has 2 N–H and O–H groups in total. The fraction of sp³-hybridized carbons (Fsp3) is 0.0526. The number of phenolic OH excluding ortho intramolecular Hbond substituents is 1. The molecule has 0 atom stereocenters. The maximum Gasteiger partial charge on any atom is 0.221 e. The molecule has 0 saturated heterocycles. The molecule has 0 aliphatic heterocycles. The van der Waals surface area contributed by atoms with E-state index in [4.69, 9.17) is 0 Å². The summed E-state index contributed by atoms with van der Waals surface area (Å²) < 4.78 is 40.5. The molecular weight excluding hydrogens is 379 g/mol. The second-order valence-corrected chi connectivity index (χ2v) is 6.72. The van der Waals surface area contributed by atoms with Gasteiger partial charge in [-0.15, -0.1) is 11.3 Å². The fourth-order valence-corrected chi connectivity index (χ4v) is 3.39. The standard InChI is InChI=1S/C19H12F3NO3S/c1-9(24)23-11-4-2-10(3-5-11)14-6-7-15(27-14)18(25)12-8-13(20)17(22)19(26)16(12)21/h2-8,26H,1H3,(H,23,24). The number of halogens is 3. The Kier molecular flexibility index (Phi) is 5.00. The molecule has 4 nitrogen and oxygen atoms in total. The van der Waals surface area contributed by atoms with Crippen molar-refractivity contribution in [1.29, 1.82) is 0 Å². The molecule has 1 aromatic heterocycles. The second kappa shape index (κ2) is 7.24. The Morgan fingerprint density at radius 3 is 2.30 bits per heavy atom. The molecule has 0 spiro atoms. The van der Waals surface area contributed by atoms with Crippen molar-refractivity contribution in [3.05, 3.63) is 70.4 Å². The van der Waals surface area contributed by atoms with E-state index in [1.54, 1.807) is 30.3 Å². The van der Waals surface area contributed by atoms with Crippen LogP contribution in [0.25, 0.3) is 10.4 Å². The van der Waals surface area contributed by atoms with Crippen LogP contribution >= 0.6 is 11.3 Å². The van der Waals surface area contributed by atoms with Gasteiger partial charge in [-0.25, -0.2) is 8.78 Å². The van der Waals surface area contributed by atoms with Crippen LogP contribution in [-0.4, -0.2) is 16.8 Å². The minimum atomic E-state index is -1.74. The quantitative estimate of drug-likeness (QED) is 0.499. The number of hydrogen-bond donors (Lipinski definition) is 2. The molecule has 138 valence electrons. The van der Waals surface area contributed by atoms with E-state index in [0.717, 1.165) is 16.9 Å². The van der Waals surface area contributed by atoms with Crippen LogP contribution in [0.5, 0.6) is 5.75 Å². The van der Waals surface area contributed by atoms with E-state index in [-0.39, 0.29) is 10.8 Å². The molecule has 1 heterocycles. The normalized spacial score (nSPS) is 10.7. The Hall–Kier alpha value is -3.13. The maximum absolute atomic E-state index is 13.9. The Morgan fingerprint density at radius 2 is 1.67 bits per heavy atom. The number of thiophene rings is 1. The molecule has 0 bridgehead atoms. The SMILES string of the molecule is CC(=O)Nc1ccc(-c2ccc(C(=O)c3cc(F)c(F)c(O)c3F)s2)cc1. The summed E-state index contributed by atoms with van der Waals surface area (Å²) >= 11 is 1.03. The topological polar surface area (TPSA) is 66.4 Å². The third-order valence-corrected chi connectivity index (χ3v) is 4.83. The number of carbonyl (C=O) groups excluding carboxylic acids is 2. The summed E-state index contributed by atoms with van der Waals surface area (Å²) in [5, 5.41) is 11.9. The van der Waals surface area contributed by atoms with Crippen molar-refractivity contribution in [1.82, 2.24) is 0 Å². The number of anilines is 1. The summed E-state index contributed by atoms with van der Waals surface area (Å²) in [4.78, 5) is 24.2. The molecule has 0 saturated carbocycles. The first-order chi connectivity index (χ1) is 12.8. The van der Waals surface area contributed by atoms with E-state index in [9.17, 15) is 27.9 Å². The highest BCUT2D eigenvalue weighted by Gasteiger charge is 2.24. The predicted octanol–water partition coefficient (Wildman–Crippen LogP) is 4.73. The summed E-state index contributed by atoms with van der Waals surface area (Å²) in [5.74, 6) is -7.36. The zero-order valence-electron chi connectivity index (χ0n) is 13.8. The van der Waals surface area contributed by atoms with Gasteiger partial charge in [0.05, 0.1) is 10.4 Å². The van der Waals surface area contributed by atoms with Crippen molar-refractivity contribution in [2.24, 2.45) is 0 Å². The van der Waals surface area contributed by atoms with Gasteiger partial charge in [-0.05, 0) is 35.9 Å². The lowest BCUT2D eigenvalue weighted by Crippen LogP contribution is -2.05. The molecule has 0 radical (unpaired) electrons. The first-order valence-electron chi connectivity index (χ1n) is 7.67. The highest BCUT2D eigenvalue weighted by atomic mass is 32.1. The second-order valence-electron chi connectivity index (χ2n) is 5.63. The molecule has 2 aromatic carbocycles. The molecule has 3 rings (SSSR count). The number of ketones is 1. The van der Waals surface area contributed by atoms with Crippen molar-refractivity contribution >= 4 is 28.7 Å². The van der Waals surface area contributed by atoms with E-state index >= 15 is 0 Å². The molecule has 3 aromatic rings. The van der Waals surface area contributed by atoms with E-state index < -0.39 is 34.5 Å². The van der Waals surface area contributed by atoms with Crippen molar-refractivity contribution in [3.8, 4) is 16.2 Å². The lowest BCUT2D eigenvalue weighted by atomic mass is 10.1. The van der Waals surface area contributed by atoms with Gasteiger partial charge in [0.15, 0.2) is 17.4 Å². The van der Waals surface area contributed by atoms with Crippen molar-refractivity contribution in [2.75, 3.05) is 5.32 Å². The third kappa shape index (κ3) is 3.70. The first kappa shape index (κ1) is 18.7. The first-order valence-corrected chi connectivity index (χ1v) is 8.48. The highest BCUT2D eigenvalue weighted by molar-refractivity contribution is 7.17. The lowest BCUT2D eigenvalue weighted by Gasteiger charge is -2.05. The highest BCUT2D eigenvalue weighted by Crippen LogP contribution is 2.32. The lowest BCUT2D eigenvalue weighted by molar-refractivity contribution is -0.114. The van der Waals surface area contributed by atoms with Gasteiger partial charge in [-0.3, -0.25) is 9.59 Å². The van der Waals surface area contributed by atoms with E-state index in [2.05, 4.69) is 5.32 Å². The van der Waals surface area contributed by atoms with Crippen LogP contribution in [0.3, 0.4) is 0 Å². The molecule has 1 amide bonds. The number of nitrogens with one attached hydrogen (secondary N) is 1. The molecular formula is C19H12F3NO3S. The van der Waals surface area contributed by atoms with Gasteiger partial charge in [0.1, 0.15) is 0 Å². The maximum atomic E-state index is 13.9. The summed E-state index contributed by atoms with van der Waals surface area (Å²) in [7, 11) is 0. The van der Waals surface area contributed by atoms with Crippen LogP contribution in [0.1, 0.15) is 22.2 Å². The Balaban J connectivity index is 1.90. The smallest absolute Gasteiger partial charge is 0.221 e. The fourth-order valence-electron chi connectivity index (χ4n) is 2.42. The van der Waals surface area contributed by atoms with Crippen LogP contribution in [0, 0.1) is 17.5 Å². The third-order valence-electron chi connectivity index (χ3n) is 3.70. The number of carbonyl (C=O) groups is 2. The largest absolute Gasteiger partial charge is 0.503 e. The number of phenols is 1. The van der Waals surface area contributed by atoms with Gasteiger partial charge in [0, 0.05) is 17.5 Å². The minimum Gasteiger partial charge on any atom is -0.503 e. The molecule has 0 fully saturated rings. The van der Waals surface area contributed by atoms with E-state index in [1.165, 1.54) is 13.0 Å². The van der Waals surface area contributed by atoms with Crippen LogP contribution in [0.4, 0.5) is 18.9 Å². The van der Waals surface area contributed by atoms with Gasteiger partial charge >= 0.3 is 0 Å². The Morgan fingerprint density at radius 1 is 1.00 bits per heavy atom. The number of hydrogen-bond acceptors (Lipinski definition) is 4. The zero-order chi connectivity index (χ0) is 19.7. The van der Waals surface area contributed by atoms with Crippen molar-refractivity contribution in [3.63, 3.8) is 0 Å². The number of aromatic hydroxyl groups is 1. The van der Waals surface area contributed by atoms with E-state index in [1.807, 2.05) is 0 Å². The van der Waals surface area contributed by atoms with Gasteiger partial charge in [0.2, 0.25) is 17.5 Å². The molecule has 27 heavy (non-hydrogen) atoms. The summed E-state index contributed by atoms with van der Waals surface area (Å²) in [6.07, 6.45) is 0. The number of rotatable bonds is 4. The molecule has 0 unspecified atom stereocenters. The van der Waals surface area contributed by atoms with Crippen LogP contribution < -0.4 is 5.32 Å². The van der Waals surface area contributed by atoms with Crippen LogP contribution in [-0.2, 0) is 4.79 Å². The zero-order valence-corrected chi connectivity index (χ0v) is 14.7. The Labute approximate surface area is 155 Å². The summed E-state index contributed by atoms with van der Waals surface area (Å²) in [5.41, 5.74) is 0.612. The summed E-state index contributed by atoms with van der Waals surface area (Å²) in [6.45, 7) is 1.39. The van der Waals surface area contributed by atoms with Crippen molar-refractivity contribution in [2.45, 2.75) is 6.92 Å². The molecule has 8 heteroatoms. The van der Waals surface area contributed by atoms with E-state index in [0.29, 0.717) is 16.6 Å². The van der Waals surface area contributed by atoms with Gasteiger partial charge in [0.25, 0.3) is 0 Å². The van der Waals surface area contributed by atoms with Crippen LogP contribution in [0.15, 0.2) is 42.5 Å². The van der Waals surface area contributed by atoms with Gasteiger partial charge < -0.3 is 10.4 Å². The average molecular weight is 391 g/mol. The van der Waals surface area contributed by atoms with Crippen molar-refractivity contribution < 1.29 is 27.9 Å². The Bertz CT molecular complexity index is 1050. The molecule has 0 aliphatic carbocycles. The average Bonchev–Trinajstić information content (AvgIpc) is 3.12. The summed E-state index contributed by atoms with van der Waals surface area (Å²) in [6, 6.07) is 10.3. The molecule has 0 aliphatic rings.